The van der Waals surface area contributed by atoms with Crippen molar-refractivity contribution in [1.82, 2.24) is 14.6 Å². The predicted octanol–water partition coefficient (Wildman–Crippen LogP) is 0.757. The van der Waals surface area contributed by atoms with Gasteiger partial charge < -0.3 is 10.3 Å². The highest BCUT2D eigenvalue weighted by Crippen LogP contribution is 2.37. The van der Waals surface area contributed by atoms with Crippen molar-refractivity contribution in [2.45, 2.75) is 17.9 Å². The second kappa shape index (κ2) is 5.15. The van der Waals surface area contributed by atoms with Crippen LogP contribution in [0.15, 0.2) is 40.2 Å². The van der Waals surface area contributed by atoms with Gasteiger partial charge in [-0.25, -0.2) is 8.42 Å². The van der Waals surface area contributed by atoms with E-state index in [-0.39, 0.29) is 16.5 Å². The van der Waals surface area contributed by atoms with Crippen LogP contribution in [0.4, 0.5) is 0 Å². The first-order valence-electron chi connectivity index (χ1n) is 7.83. The number of fused-ring (bicyclic) bond motifs is 2. The van der Waals surface area contributed by atoms with Crippen molar-refractivity contribution in [1.29, 1.82) is 0 Å². The van der Waals surface area contributed by atoms with Crippen molar-refractivity contribution in [3.63, 3.8) is 0 Å². The first-order valence-corrected chi connectivity index (χ1v) is 9.27. The van der Waals surface area contributed by atoms with Gasteiger partial charge in [-0.3, -0.25) is 4.79 Å². The predicted molar refractivity (Wildman–Crippen MR) is 87.8 cm³/mol. The van der Waals surface area contributed by atoms with E-state index in [4.69, 9.17) is 0 Å². The molecule has 0 aliphatic carbocycles. The Morgan fingerprint density at radius 2 is 2.00 bits per heavy atom. The maximum absolute atomic E-state index is 13.2. The van der Waals surface area contributed by atoms with Crippen molar-refractivity contribution in [2.24, 2.45) is 11.8 Å². The molecule has 0 spiro atoms. The van der Waals surface area contributed by atoms with Crippen LogP contribution in [0.5, 0.6) is 0 Å². The second-order valence-electron chi connectivity index (χ2n) is 6.42. The summed E-state index contributed by atoms with van der Waals surface area (Å²) in [6, 6.07) is 6.51. The summed E-state index contributed by atoms with van der Waals surface area (Å²) in [6.07, 6.45) is 1.50. The van der Waals surface area contributed by atoms with Crippen molar-refractivity contribution in [3.8, 4) is 0 Å². The highest BCUT2D eigenvalue weighted by Gasteiger charge is 2.47. The van der Waals surface area contributed by atoms with Crippen LogP contribution in [-0.2, 0) is 10.0 Å². The normalized spacial score (nSPS) is 28.3. The molecular formula is C16H19N3O3S. The molecule has 2 aliphatic heterocycles. The van der Waals surface area contributed by atoms with E-state index < -0.39 is 10.0 Å². The zero-order valence-corrected chi connectivity index (χ0v) is 13.6. The van der Waals surface area contributed by atoms with Crippen LogP contribution >= 0.6 is 0 Å². The highest BCUT2D eigenvalue weighted by molar-refractivity contribution is 7.89. The van der Waals surface area contributed by atoms with Crippen molar-refractivity contribution in [3.05, 3.63) is 40.8 Å². The SMILES string of the molecule is CC1C2CNCC2CN1S(=O)(=O)c1cccc2c(=O)[nH]ccc12. The fourth-order valence-corrected chi connectivity index (χ4v) is 5.93. The Hall–Kier alpha value is -1.70. The Bertz CT molecular complexity index is 922. The average Bonchev–Trinajstić information content (AvgIpc) is 3.11. The molecule has 3 atom stereocenters. The van der Waals surface area contributed by atoms with Crippen LogP contribution in [0.25, 0.3) is 10.8 Å². The van der Waals surface area contributed by atoms with Crippen molar-refractivity contribution < 1.29 is 8.42 Å². The van der Waals surface area contributed by atoms with Gasteiger partial charge in [0.05, 0.1) is 4.90 Å². The Morgan fingerprint density at radius 3 is 2.78 bits per heavy atom. The summed E-state index contributed by atoms with van der Waals surface area (Å²) in [4.78, 5) is 14.7. The third-order valence-electron chi connectivity index (χ3n) is 5.24. The number of sulfonamides is 1. The molecule has 2 fully saturated rings. The first-order chi connectivity index (χ1) is 11.0. The first kappa shape index (κ1) is 14.9. The van der Waals surface area contributed by atoms with E-state index in [1.165, 1.54) is 6.20 Å². The van der Waals surface area contributed by atoms with Gasteiger partial charge in [-0.1, -0.05) is 6.07 Å². The molecule has 0 bridgehead atoms. The molecule has 122 valence electrons. The van der Waals surface area contributed by atoms with Crippen LogP contribution in [0.1, 0.15) is 6.92 Å². The van der Waals surface area contributed by atoms with Gasteiger partial charge in [-0.05, 0) is 50.0 Å². The largest absolute Gasteiger partial charge is 0.329 e. The molecule has 0 amide bonds. The molecule has 2 aliphatic rings. The van der Waals surface area contributed by atoms with E-state index in [2.05, 4.69) is 10.3 Å². The van der Waals surface area contributed by atoms with E-state index in [1.807, 2.05) is 6.92 Å². The Morgan fingerprint density at radius 1 is 1.17 bits per heavy atom. The lowest BCUT2D eigenvalue weighted by Crippen LogP contribution is -2.38. The molecule has 2 N–H and O–H groups in total. The fraction of sp³-hybridized carbons (Fsp3) is 0.438. The van der Waals surface area contributed by atoms with Crippen LogP contribution in [-0.4, -0.2) is 43.4 Å². The molecular weight excluding hydrogens is 314 g/mol. The van der Waals surface area contributed by atoms with Gasteiger partial charge in [0.1, 0.15) is 0 Å². The number of hydrogen-bond donors (Lipinski definition) is 2. The fourth-order valence-electron chi connectivity index (χ4n) is 3.99. The summed E-state index contributed by atoms with van der Waals surface area (Å²) in [5.74, 6) is 0.737. The molecule has 4 rings (SSSR count). The lowest BCUT2D eigenvalue weighted by molar-refractivity contribution is 0.361. The van der Waals surface area contributed by atoms with Crippen LogP contribution in [0, 0.1) is 11.8 Å². The molecule has 23 heavy (non-hydrogen) atoms. The van der Waals surface area contributed by atoms with Crippen molar-refractivity contribution >= 4 is 20.8 Å². The van der Waals surface area contributed by atoms with E-state index in [9.17, 15) is 13.2 Å². The van der Waals surface area contributed by atoms with E-state index >= 15 is 0 Å². The van der Waals surface area contributed by atoms with Gasteiger partial charge in [0.25, 0.3) is 5.56 Å². The number of aromatic nitrogens is 1. The molecule has 0 radical (unpaired) electrons. The van der Waals surface area contributed by atoms with Gasteiger partial charge in [0.15, 0.2) is 0 Å². The van der Waals surface area contributed by atoms with Crippen molar-refractivity contribution in [2.75, 3.05) is 19.6 Å². The van der Waals surface area contributed by atoms with Crippen LogP contribution in [0.3, 0.4) is 0 Å². The van der Waals surface area contributed by atoms with E-state index in [0.29, 0.717) is 29.2 Å². The van der Waals surface area contributed by atoms with Crippen LogP contribution < -0.4 is 10.9 Å². The number of benzene rings is 1. The molecule has 3 unspecified atom stereocenters. The maximum Gasteiger partial charge on any atom is 0.255 e. The number of nitrogens with one attached hydrogen (secondary N) is 2. The topological polar surface area (TPSA) is 82.3 Å². The van der Waals surface area contributed by atoms with Gasteiger partial charge in [-0.2, -0.15) is 4.31 Å². The number of pyridine rings is 1. The highest BCUT2D eigenvalue weighted by atomic mass is 32.2. The Kier molecular flexibility index (Phi) is 3.33. The molecule has 1 aromatic heterocycles. The number of aromatic amines is 1. The lowest BCUT2D eigenvalue weighted by Gasteiger charge is -2.24. The van der Waals surface area contributed by atoms with Gasteiger partial charge in [0, 0.05) is 29.6 Å². The van der Waals surface area contributed by atoms with E-state index in [0.717, 1.165) is 13.1 Å². The summed E-state index contributed by atoms with van der Waals surface area (Å²) < 4.78 is 28.0. The molecule has 7 heteroatoms. The van der Waals surface area contributed by atoms with Gasteiger partial charge in [0.2, 0.25) is 10.0 Å². The summed E-state index contributed by atoms with van der Waals surface area (Å²) in [5, 5.41) is 4.23. The minimum absolute atomic E-state index is 0.0303. The Balaban J connectivity index is 1.84. The summed E-state index contributed by atoms with van der Waals surface area (Å²) >= 11 is 0. The van der Waals surface area contributed by atoms with Gasteiger partial charge in [-0.15, -0.1) is 0 Å². The number of rotatable bonds is 2. The van der Waals surface area contributed by atoms with Crippen LogP contribution in [0.2, 0.25) is 0 Å². The smallest absolute Gasteiger partial charge is 0.255 e. The minimum atomic E-state index is -3.62. The Labute approximate surface area is 134 Å². The summed E-state index contributed by atoms with van der Waals surface area (Å²) in [5.41, 5.74) is -0.268. The number of nitrogens with zero attached hydrogens (tertiary/aromatic N) is 1. The summed E-state index contributed by atoms with van der Waals surface area (Å²) in [7, 11) is -3.62. The third kappa shape index (κ3) is 2.14. The van der Waals surface area contributed by atoms with E-state index in [1.54, 1.807) is 28.6 Å². The van der Waals surface area contributed by atoms with Gasteiger partial charge >= 0.3 is 0 Å². The average molecular weight is 333 g/mol. The molecule has 2 aromatic rings. The zero-order valence-electron chi connectivity index (χ0n) is 12.8. The lowest BCUT2D eigenvalue weighted by atomic mass is 9.95. The third-order valence-corrected chi connectivity index (χ3v) is 7.25. The maximum atomic E-state index is 13.2. The molecule has 2 saturated heterocycles. The molecule has 0 saturated carbocycles. The number of hydrogen-bond acceptors (Lipinski definition) is 4. The molecule has 1 aromatic carbocycles. The second-order valence-corrected chi connectivity index (χ2v) is 8.28. The molecule has 6 nitrogen and oxygen atoms in total. The monoisotopic (exact) mass is 333 g/mol. The number of H-pyrrole nitrogens is 1. The standard InChI is InChI=1S/C16H19N3O3S/c1-10-14-8-17-7-11(14)9-19(10)23(21,22)15-4-2-3-13-12(15)5-6-18-16(13)20/h2-6,10-11,14,17H,7-9H2,1H3,(H,18,20). The zero-order chi connectivity index (χ0) is 16.2. The molecule has 3 heterocycles. The summed E-state index contributed by atoms with van der Waals surface area (Å²) in [6.45, 7) is 4.26. The quantitative estimate of drug-likeness (QED) is 0.850. The minimum Gasteiger partial charge on any atom is -0.329 e.